The van der Waals surface area contributed by atoms with Crippen molar-refractivity contribution in [2.24, 2.45) is 5.41 Å². The molecule has 4 fully saturated rings. The maximum absolute atomic E-state index is 15.1. The molecular weight excluding hydrogens is 651 g/mol. The molecule has 3 aliphatic heterocycles. The van der Waals surface area contributed by atoms with Crippen LogP contribution in [0.1, 0.15) is 104 Å². The first-order chi connectivity index (χ1) is 24.0. The number of likely N-dealkylation sites (N-methyl/N-ethyl adjacent to an activating group) is 1. The number of carbonyl (C=O) groups excluding carboxylic acids is 2. The molecule has 4 unspecified atom stereocenters. The molecule has 10 nitrogen and oxygen atoms in total. The zero-order valence-electron chi connectivity index (χ0n) is 29.9. The molecule has 0 bridgehead atoms. The Morgan fingerprint density at radius 1 is 0.980 bits per heavy atom. The Hall–Kier alpha value is -3.41. The van der Waals surface area contributed by atoms with Gasteiger partial charge in [0.05, 0.1) is 18.2 Å². The van der Waals surface area contributed by atoms with E-state index < -0.39 is 21.5 Å². The molecule has 1 aromatic heterocycles. The van der Waals surface area contributed by atoms with Crippen molar-refractivity contribution in [2.45, 2.75) is 102 Å². The van der Waals surface area contributed by atoms with Crippen LogP contribution >= 0.6 is 0 Å². The van der Waals surface area contributed by atoms with Gasteiger partial charge < -0.3 is 19.1 Å². The van der Waals surface area contributed by atoms with E-state index in [0.717, 1.165) is 79.4 Å². The summed E-state index contributed by atoms with van der Waals surface area (Å²) < 4.78 is 38.0. The standard InChI is InChI=1S/C39H51N5O5S/c1-25-12-14-28(23-41(2)3)44(25)38(46)39-22-33(39)32-21-29(49-4)15-17-30(32)36-35(26-10-6-5-7-11-26)31-16-13-27(20-34(31)43(36)24-39)37(45)40-50(47,48)42-18-8-9-19-42/h13,15-17,20-21,25-26,28,33H,5-12,14,18-19,22-24H2,1-4H3,(H,40,45). The Kier molecular flexibility index (Phi) is 8.54. The number of nitrogens with one attached hydrogen (secondary N) is 1. The fourth-order valence-electron chi connectivity index (χ4n) is 9.89. The van der Waals surface area contributed by atoms with E-state index in [0.29, 0.717) is 31.1 Å². The summed E-state index contributed by atoms with van der Waals surface area (Å²) in [4.78, 5) is 33.1. The normalized spacial score (nSPS) is 26.8. The summed E-state index contributed by atoms with van der Waals surface area (Å²) in [5.74, 6) is 0.808. The van der Waals surface area contributed by atoms with E-state index in [1.807, 2.05) is 18.2 Å². The number of hydrogen-bond donors (Lipinski definition) is 1. The van der Waals surface area contributed by atoms with Crippen LogP contribution in [0.15, 0.2) is 36.4 Å². The van der Waals surface area contributed by atoms with E-state index in [-0.39, 0.29) is 23.9 Å². The largest absolute Gasteiger partial charge is 0.497 e. The summed E-state index contributed by atoms with van der Waals surface area (Å²) >= 11 is 0. The Morgan fingerprint density at radius 2 is 1.74 bits per heavy atom. The molecule has 3 aromatic rings. The smallest absolute Gasteiger partial charge is 0.304 e. The number of amides is 2. The molecule has 0 spiro atoms. The van der Waals surface area contributed by atoms with Crippen LogP contribution in [-0.4, -0.2) is 91.8 Å². The lowest BCUT2D eigenvalue weighted by Crippen LogP contribution is -2.48. The Morgan fingerprint density at radius 3 is 2.46 bits per heavy atom. The number of rotatable bonds is 8. The molecule has 1 N–H and O–H groups in total. The first kappa shape index (κ1) is 33.7. The van der Waals surface area contributed by atoms with Gasteiger partial charge in [0.15, 0.2) is 0 Å². The minimum Gasteiger partial charge on any atom is -0.497 e. The Balaban J connectivity index is 1.29. The van der Waals surface area contributed by atoms with E-state index in [1.54, 1.807) is 13.2 Å². The van der Waals surface area contributed by atoms with Crippen molar-refractivity contribution in [3.05, 3.63) is 53.1 Å². The van der Waals surface area contributed by atoms with Crippen LogP contribution in [0.25, 0.3) is 22.2 Å². The lowest BCUT2D eigenvalue weighted by molar-refractivity contribution is -0.140. The van der Waals surface area contributed by atoms with E-state index in [4.69, 9.17) is 4.74 Å². The first-order valence-electron chi connectivity index (χ1n) is 18.7. The van der Waals surface area contributed by atoms with Crippen molar-refractivity contribution < 1.29 is 22.7 Å². The summed E-state index contributed by atoms with van der Waals surface area (Å²) in [5, 5.41) is 1.09. The highest BCUT2D eigenvalue weighted by Crippen LogP contribution is 2.66. The van der Waals surface area contributed by atoms with E-state index >= 15 is 4.79 Å². The third-order valence-electron chi connectivity index (χ3n) is 12.4. The predicted octanol–water partition coefficient (Wildman–Crippen LogP) is 5.86. The van der Waals surface area contributed by atoms with Crippen molar-refractivity contribution in [1.82, 2.24) is 23.4 Å². The molecule has 50 heavy (non-hydrogen) atoms. The van der Waals surface area contributed by atoms with Crippen molar-refractivity contribution in [3.63, 3.8) is 0 Å². The Bertz CT molecular complexity index is 1940. The SMILES string of the molecule is COc1ccc2c(c1)C1CC1(C(=O)N1C(C)CCC1CN(C)C)Cn1c-2c(C2CCCCC2)c2ccc(C(=O)NS(=O)(=O)N3CCCC3)cc21. The molecule has 268 valence electrons. The average Bonchev–Trinajstić information content (AvgIpc) is 3.36. The lowest BCUT2D eigenvalue weighted by atomic mass is 9.81. The molecule has 2 aromatic carbocycles. The minimum atomic E-state index is -3.93. The molecular formula is C39H51N5O5S. The van der Waals surface area contributed by atoms with Gasteiger partial charge in [0, 0.05) is 66.2 Å². The van der Waals surface area contributed by atoms with Gasteiger partial charge in [-0.25, -0.2) is 4.72 Å². The van der Waals surface area contributed by atoms with Crippen LogP contribution in [-0.2, 0) is 21.5 Å². The highest BCUT2D eigenvalue weighted by molar-refractivity contribution is 7.87. The van der Waals surface area contributed by atoms with Gasteiger partial charge in [-0.3, -0.25) is 9.59 Å². The number of hydrogen-bond acceptors (Lipinski definition) is 6. The van der Waals surface area contributed by atoms with Gasteiger partial charge in [0.2, 0.25) is 5.91 Å². The van der Waals surface area contributed by atoms with Gasteiger partial charge in [-0.05, 0) is 113 Å². The number of methoxy groups -OCH3 is 1. The molecule has 5 aliphatic rings. The molecule has 4 atom stereocenters. The third kappa shape index (κ3) is 5.55. The summed E-state index contributed by atoms with van der Waals surface area (Å²) in [6.07, 6.45) is 10.1. The molecule has 2 aliphatic carbocycles. The quantitative estimate of drug-likeness (QED) is 0.316. The number of fused-ring (bicyclic) bond motifs is 7. The maximum Gasteiger partial charge on any atom is 0.304 e. The lowest BCUT2D eigenvalue weighted by Gasteiger charge is -2.34. The zero-order chi connectivity index (χ0) is 34.9. The van der Waals surface area contributed by atoms with Crippen molar-refractivity contribution >= 4 is 32.9 Å². The molecule has 2 saturated carbocycles. The molecule has 4 heterocycles. The van der Waals surface area contributed by atoms with E-state index in [9.17, 15) is 13.2 Å². The van der Waals surface area contributed by atoms with Gasteiger partial charge in [0.1, 0.15) is 5.75 Å². The van der Waals surface area contributed by atoms with Gasteiger partial charge in [0.25, 0.3) is 5.91 Å². The fraction of sp³-hybridized carbons (Fsp3) is 0.590. The molecule has 2 amide bonds. The second kappa shape index (κ2) is 12.7. The number of nitrogens with zero attached hydrogens (tertiary/aromatic N) is 4. The zero-order valence-corrected chi connectivity index (χ0v) is 30.7. The van der Waals surface area contributed by atoms with E-state index in [1.165, 1.54) is 34.7 Å². The molecule has 8 rings (SSSR count). The van der Waals surface area contributed by atoms with Crippen LogP contribution in [0, 0.1) is 5.41 Å². The van der Waals surface area contributed by atoms with Gasteiger partial charge in [-0.2, -0.15) is 12.7 Å². The van der Waals surface area contributed by atoms with Crippen molar-refractivity contribution in [2.75, 3.05) is 40.8 Å². The average molecular weight is 702 g/mol. The summed E-state index contributed by atoms with van der Waals surface area (Å²) in [5.41, 5.74) is 5.33. The number of likely N-dealkylation sites (tertiary alicyclic amines) is 1. The van der Waals surface area contributed by atoms with Crippen molar-refractivity contribution in [1.29, 1.82) is 0 Å². The summed E-state index contributed by atoms with van der Waals surface area (Å²) in [6.45, 7) is 4.38. The first-order valence-corrected chi connectivity index (χ1v) is 20.1. The van der Waals surface area contributed by atoms with Crippen LogP contribution < -0.4 is 9.46 Å². The Labute approximate surface area is 296 Å². The van der Waals surface area contributed by atoms with Gasteiger partial charge >= 0.3 is 10.2 Å². The number of benzene rings is 2. The highest BCUT2D eigenvalue weighted by atomic mass is 32.2. The number of ether oxygens (including phenoxy) is 1. The van der Waals surface area contributed by atoms with Crippen LogP contribution in [0.3, 0.4) is 0 Å². The summed E-state index contributed by atoms with van der Waals surface area (Å²) in [6, 6.07) is 12.4. The minimum absolute atomic E-state index is 0.0548. The number of carbonyl (C=O) groups is 2. The van der Waals surface area contributed by atoms with Gasteiger partial charge in [-0.1, -0.05) is 25.3 Å². The molecule has 11 heteroatoms. The molecule has 2 saturated heterocycles. The third-order valence-corrected chi connectivity index (χ3v) is 13.9. The van der Waals surface area contributed by atoms with Gasteiger partial charge in [-0.15, -0.1) is 0 Å². The summed E-state index contributed by atoms with van der Waals surface area (Å²) in [7, 11) is 1.92. The second-order valence-corrected chi connectivity index (χ2v) is 17.5. The number of aromatic nitrogens is 1. The predicted molar refractivity (Wildman–Crippen MR) is 195 cm³/mol. The fourth-order valence-corrected chi connectivity index (χ4v) is 11.1. The van der Waals surface area contributed by atoms with Crippen LogP contribution in [0.5, 0.6) is 5.75 Å². The topological polar surface area (TPSA) is 104 Å². The van der Waals surface area contributed by atoms with E-state index in [2.05, 4.69) is 52.2 Å². The maximum atomic E-state index is 15.1. The van der Waals surface area contributed by atoms with Crippen molar-refractivity contribution in [3.8, 4) is 17.0 Å². The second-order valence-electron chi connectivity index (χ2n) is 15.9. The van der Waals surface area contributed by atoms with Crippen LogP contribution in [0.2, 0.25) is 0 Å². The highest BCUT2D eigenvalue weighted by Gasteiger charge is 2.65. The molecule has 0 radical (unpaired) electrons. The monoisotopic (exact) mass is 701 g/mol. The van der Waals surface area contributed by atoms with Crippen LogP contribution in [0.4, 0.5) is 0 Å².